The summed E-state index contributed by atoms with van der Waals surface area (Å²) in [6, 6.07) is 12.3. The lowest BCUT2D eigenvalue weighted by Crippen LogP contribution is -2.39. The van der Waals surface area contributed by atoms with Crippen molar-refractivity contribution in [1.82, 2.24) is 4.90 Å². The molecule has 210 valence electrons. The highest BCUT2D eigenvalue weighted by molar-refractivity contribution is 6.11. The summed E-state index contributed by atoms with van der Waals surface area (Å²) in [6.07, 6.45) is 3.22. The van der Waals surface area contributed by atoms with E-state index in [4.69, 9.17) is 14.9 Å². The highest BCUT2D eigenvalue weighted by atomic mass is 19.1. The summed E-state index contributed by atoms with van der Waals surface area (Å²) < 4.78 is 19.8. The van der Waals surface area contributed by atoms with E-state index in [2.05, 4.69) is 16.9 Å². The zero-order valence-electron chi connectivity index (χ0n) is 22.1. The maximum atomic E-state index is 13.9. The first-order chi connectivity index (χ1) is 18.0. The van der Waals surface area contributed by atoms with Crippen LogP contribution in [0.15, 0.2) is 59.7 Å². The molecule has 1 aliphatic heterocycles. The van der Waals surface area contributed by atoms with Crippen molar-refractivity contribution in [2.24, 2.45) is 16.9 Å². The van der Waals surface area contributed by atoms with Crippen LogP contribution < -0.4 is 9.75 Å². The van der Waals surface area contributed by atoms with Gasteiger partial charge < -0.3 is 25.3 Å². The quantitative estimate of drug-likeness (QED) is 0.486. The van der Waals surface area contributed by atoms with Gasteiger partial charge in [-0.2, -0.15) is 5.10 Å². The number of hydrazone groups is 1. The predicted octanol–water partition coefficient (Wildman–Crippen LogP) is 2.99. The van der Waals surface area contributed by atoms with E-state index in [0.717, 1.165) is 36.2 Å². The third-order valence-corrected chi connectivity index (χ3v) is 6.00. The first kappa shape index (κ1) is 31.1. The number of carbonyl (C=O) groups excluding carboxylic acids is 1. The fourth-order valence-corrected chi connectivity index (χ4v) is 4.45. The van der Waals surface area contributed by atoms with Crippen LogP contribution in [0.5, 0.6) is 5.75 Å². The van der Waals surface area contributed by atoms with E-state index in [-0.39, 0.29) is 23.1 Å². The summed E-state index contributed by atoms with van der Waals surface area (Å²) in [5.74, 6) is -1.68. The van der Waals surface area contributed by atoms with Crippen LogP contribution in [0.4, 0.5) is 10.1 Å². The minimum Gasteiger partial charge on any atom is -0.493 e. The van der Waals surface area contributed by atoms with E-state index in [1.165, 1.54) is 11.1 Å². The average Bonchev–Trinajstić information content (AvgIpc) is 2.86. The van der Waals surface area contributed by atoms with Gasteiger partial charge in [-0.1, -0.05) is 19.1 Å². The molecule has 0 spiro atoms. The number of nitrogens with zero attached hydrogens (tertiary/aromatic N) is 3. The van der Waals surface area contributed by atoms with Gasteiger partial charge in [0.05, 0.1) is 18.0 Å². The zero-order valence-corrected chi connectivity index (χ0v) is 22.1. The number of fused-ring (bicyclic) bond motifs is 3. The summed E-state index contributed by atoms with van der Waals surface area (Å²) in [6.45, 7) is 3.68. The molecular formula is C28H34FN3O7. The second-order valence-electron chi connectivity index (χ2n) is 9.62. The molecule has 0 fully saturated rings. The number of halogens is 1. The summed E-state index contributed by atoms with van der Waals surface area (Å²) in [4.78, 5) is 34.1. The summed E-state index contributed by atoms with van der Waals surface area (Å²) in [7, 11) is 4.08. The Morgan fingerprint density at radius 2 is 1.87 bits per heavy atom. The van der Waals surface area contributed by atoms with Crippen molar-refractivity contribution in [3.8, 4) is 5.75 Å². The van der Waals surface area contributed by atoms with Crippen LogP contribution >= 0.6 is 0 Å². The molecule has 2 aromatic carbocycles. The summed E-state index contributed by atoms with van der Waals surface area (Å²) >= 11 is 0. The third-order valence-electron chi connectivity index (χ3n) is 6.00. The standard InChI is InChI=1S/C24H28FN3O2.C4H4O4.H2O/c1-16(14-27(2)3)15-30-21-6-4-5-20(13-21)28-23(29)11-18-8-7-17-9-10-19(25)12-22(17)24(18)26-28;5-3(6)1-2-4(7)8;/h4-6,9-10,12-13,16,18H,7-8,11,14-15H2,1-3H3;1-2H,(H,5,6)(H,7,8);1H2. The van der Waals surface area contributed by atoms with E-state index in [1.807, 2.05) is 44.4 Å². The molecule has 2 aliphatic rings. The number of carboxylic acids is 2. The van der Waals surface area contributed by atoms with Crippen molar-refractivity contribution in [3.63, 3.8) is 0 Å². The number of anilines is 1. The molecule has 0 radical (unpaired) electrons. The second-order valence-corrected chi connectivity index (χ2v) is 9.62. The van der Waals surface area contributed by atoms with Crippen molar-refractivity contribution in [2.45, 2.75) is 26.2 Å². The van der Waals surface area contributed by atoms with Crippen molar-refractivity contribution >= 4 is 29.2 Å². The SMILES string of the molecule is CC(COc1cccc(N2N=C3c4cc(F)ccc4CCC3CC2=O)c1)CN(C)C.O.O=C(O)C=CC(=O)O. The van der Waals surface area contributed by atoms with E-state index in [0.29, 0.717) is 42.5 Å². The van der Waals surface area contributed by atoms with Gasteiger partial charge in [0.1, 0.15) is 11.6 Å². The lowest BCUT2D eigenvalue weighted by molar-refractivity contribution is -0.134. The first-order valence-corrected chi connectivity index (χ1v) is 12.2. The number of aryl methyl sites for hydroxylation is 1. The number of hydrogen-bond acceptors (Lipinski definition) is 6. The van der Waals surface area contributed by atoms with E-state index < -0.39 is 11.9 Å². The Balaban J connectivity index is 0.000000519. The van der Waals surface area contributed by atoms with Crippen LogP contribution in [0.3, 0.4) is 0 Å². The maximum absolute atomic E-state index is 13.9. The van der Waals surface area contributed by atoms with Gasteiger partial charge in [0.2, 0.25) is 5.91 Å². The lowest BCUT2D eigenvalue weighted by atomic mass is 9.79. The number of rotatable bonds is 8. The van der Waals surface area contributed by atoms with Crippen molar-refractivity contribution in [3.05, 3.63) is 71.6 Å². The Labute approximate surface area is 226 Å². The van der Waals surface area contributed by atoms with Crippen LogP contribution in [-0.4, -0.2) is 71.4 Å². The average molecular weight is 544 g/mol. The number of benzene rings is 2. The molecule has 39 heavy (non-hydrogen) atoms. The minimum absolute atomic E-state index is 0. The van der Waals surface area contributed by atoms with Crippen molar-refractivity contribution in [2.75, 3.05) is 32.3 Å². The van der Waals surface area contributed by atoms with Crippen LogP contribution in [0, 0.1) is 17.7 Å². The van der Waals surface area contributed by atoms with Gasteiger partial charge in [-0.05, 0) is 56.8 Å². The van der Waals surface area contributed by atoms with Crippen molar-refractivity contribution < 1.29 is 39.2 Å². The monoisotopic (exact) mass is 543 g/mol. The van der Waals surface area contributed by atoms with Gasteiger partial charge >= 0.3 is 11.9 Å². The molecule has 0 saturated carbocycles. The number of carbonyl (C=O) groups is 3. The molecule has 4 N–H and O–H groups in total. The molecular weight excluding hydrogens is 509 g/mol. The van der Waals surface area contributed by atoms with Gasteiger partial charge in [-0.15, -0.1) is 0 Å². The van der Waals surface area contributed by atoms with Gasteiger partial charge in [-0.25, -0.2) is 19.0 Å². The molecule has 2 unspecified atom stereocenters. The molecule has 0 aromatic heterocycles. The van der Waals surface area contributed by atoms with E-state index in [9.17, 15) is 18.8 Å². The largest absolute Gasteiger partial charge is 0.493 e. The molecule has 11 heteroatoms. The Morgan fingerprint density at radius 1 is 1.18 bits per heavy atom. The van der Waals surface area contributed by atoms with Gasteiger partial charge in [0.25, 0.3) is 0 Å². The molecule has 1 heterocycles. The Morgan fingerprint density at radius 3 is 2.51 bits per heavy atom. The Kier molecular flexibility index (Phi) is 11.3. The number of ether oxygens (including phenoxy) is 1. The van der Waals surface area contributed by atoms with Crippen LogP contribution in [0.25, 0.3) is 0 Å². The highest BCUT2D eigenvalue weighted by Crippen LogP contribution is 2.34. The first-order valence-electron chi connectivity index (χ1n) is 12.2. The minimum atomic E-state index is -1.26. The molecule has 1 aliphatic carbocycles. The van der Waals surface area contributed by atoms with Crippen LogP contribution in [0.1, 0.15) is 30.9 Å². The molecule has 4 rings (SSSR count). The maximum Gasteiger partial charge on any atom is 0.328 e. The smallest absolute Gasteiger partial charge is 0.328 e. The predicted molar refractivity (Wildman–Crippen MR) is 145 cm³/mol. The van der Waals surface area contributed by atoms with Gasteiger partial charge in [-0.3, -0.25) is 4.79 Å². The Hall–Kier alpha value is -4.09. The van der Waals surface area contributed by atoms with Gasteiger partial charge in [0.15, 0.2) is 0 Å². The number of amides is 1. The molecule has 2 atom stereocenters. The normalized spacial score (nSPS) is 16.7. The molecule has 1 amide bonds. The lowest BCUT2D eigenvalue weighted by Gasteiger charge is -2.33. The number of hydrogen-bond donors (Lipinski definition) is 2. The van der Waals surface area contributed by atoms with Crippen LogP contribution in [0.2, 0.25) is 0 Å². The van der Waals surface area contributed by atoms with E-state index >= 15 is 0 Å². The van der Waals surface area contributed by atoms with Gasteiger partial charge in [0, 0.05) is 48.6 Å². The molecule has 10 nitrogen and oxygen atoms in total. The zero-order chi connectivity index (χ0) is 27.8. The molecule has 0 bridgehead atoms. The molecule has 0 saturated heterocycles. The Bertz CT molecular complexity index is 1230. The fourth-order valence-electron chi connectivity index (χ4n) is 4.45. The number of carboxylic acid groups (broad SMARTS) is 2. The number of aliphatic carboxylic acids is 2. The summed E-state index contributed by atoms with van der Waals surface area (Å²) in [5, 5.41) is 21.8. The van der Waals surface area contributed by atoms with Crippen molar-refractivity contribution in [1.29, 1.82) is 0 Å². The summed E-state index contributed by atoms with van der Waals surface area (Å²) in [5.41, 5.74) is 3.40. The molecule has 2 aromatic rings. The second kappa shape index (κ2) is 14.2. The van der Waals surface area contributed by atoms with Crippen LogP contribution in [-0.2, 0) is 20.8 Å². The van der Waals surface area contributed by atoms with E-state index in [1.54, 1.807) is 6.07 Å². The topological polar surface area (TPSA) is 151 Å². The third kappa shape index (κ3) is 9.01. The fraction of sp³-hybridized carbons (Fsp3) is 0.357. The highest BCUT2D eigenvalue weighted by Gasteiger charge is 2.34.